The highest BCUT2D eigenvalue weighted by atomic mass is 32.1. The standard InChI is InChI=1S/C11H18N4OS/c1-3-14(2)9-7-11(16)15(13-8-9)6-4-5-10(12)17/h7-8H,3-6H2,1-2H3,(H2,12,17). The molecule has 0 bridgehead atoms. The molecule has 0 saturated heterocycles. The Morgan fingerprint density at radius 3 is 2.88 bits per heavy atom. The fraction of sp³-hybridized carbons (Fsp3) is 0.545. The minimum Gasteiger partial charge on any atom is -0.393 e. The van der Waals surface area contributed by atoms with Crippen molar-refractivity contribution in [3.63, 3.8) is 0 Å². The van der Waals surface area contributed by atoms with Gasteiger partial charge in [-0.15, -0.1) is 0 Å². The number of aryl methyl sites for hydroxylation is 1. The Hall–Kier alpha value is -1.43. The van der Waals surface area contributed by atoms with Gasteiger partial charge < -0.3 is 10.6 Å². The van der Waals surface area contributed by atoms with Crippen LogP contribution in [0.3, 0.4) is 0 Å². The van der Waals surface area contributed by atoms with Gasteiger partial charge in [0, 0.05) is 26.2 Å². The summed E-state index contributed by atoms with van der Waals surface area (Å²) in [6, 6.07) is 1.59. The molecule has 0 atom stereocenters. The molecule has 1 aromatic heterocycles. The fourth-order valence-corrected chi connectivity index (χ4v) is 1.53. The molecule has 0 unspecified atom stereocenters. The molecule has 0 amide bonds. The van der Waals surface area contributed by atoms with Gasteiger partial charge in [-0.1, -0.05) is 12.2 Å². The number of anilines is 1. The second-order valence-electron chi connectivity index (χ2n) is 3.86. The van der Waals surface area contributed by atoms with E-state index in [1.54, 1.807) is 12.3 Å². The van der Waals surface area contributed by atoms with Gasteiger partial charge in [0.05, 0.1) is 16.9 Å². The zero-order valence-electron chi connectivity index (χ0n) is 10.2. The molecule has 0 spiro atoms. The van der Waals surface area contributed by atoms with Crippen molar-refractivity contribution in [2.75, 3.05) is 18.5 Å². The van der Waals surface area contributed by atoms with Gasteiger partial charge in [0.2, 0.25) is 0 Å². The lowest BCUT2D eigenvalue weighted by atomic mass is 10.3. The van der Waals surface area contributed by atoms with Crippen molar-refractivity contribution >= 4 is 22.9 Å². The third kappa shape index (κ3) is 4.14. The molecule has 1 rings (SSSR count). The number of nitrogens with zero attached hydrogens (tertiary/aromatic N) is 3. The van der Waals surface area contributed by atoms with Crippen molar-refractivity contribution < 1.29 is 0 Å². The molecule has 94 valence electrons. The fourth-order valence-electron chi connectivity index (χ4n) is 1.39. The van der Waals surface area contributed by atoms with Crippen LogP contribution in [0, 0.1) is 0 Å². The molecule has 6 heteroatoms. The second-order valence-corrected chi connectivity index (χ2v) is 4.38. The van der Waals surface area contributed by atoms with Gasteiger partial charge >= 0.3 is 0 Å². The summed E-state index contributed by atoms with van der Waals surface area (Å²) in [5.74, 6) is 0. The van der Waals surface area contributed by atoms with Gasteiger partial charge in [0.25, 0.3) is 5.56 Å². The van der Waals surface area contributed by atoms with Crippen molar-refractivity contribution in [1.29, 1.82) is 0 Å². The summed E-state index contributed by atoms with van der Waals surface area (Å²) < 4.78 is 1.44. The van der Waals surface area contributed by atoms with Crippen LogP contribution < -0.4 is 16.2 Å². The van der Waals surface area contributed by atoms with Crippen molar-refractivity contribution in [2.45, 2.75) is 26.3 Å². The van der Waals surface area contributed by atoms with Crippen molar-refractivity contribution in [2.24, 2.45) is 5.73 Å². The summed E-state index contributed by atoms with van der Waals surface area (Å²) in [5, 5.41) is 4.12. The molecule has 5 nitrogen and oxygen atoms in total. The van der Waals surface area contributed by atoms with E-state index < -0.39 is 0 Å². The lowest BCUT2D eigenvalue weighted by molar-refractivity contribution is 0.557. The number of rotatable bonds is 6. The van der Waals surface area contributed by atoms with Gasteiger partial charge in [-0.05, 0) is 19.8 Å². The van der Waals surface area contributed by atoms with E-state index in [-0.39, 0.29) is 5.56 Å². The number of hydrogen-bond acceptors (Lipinski definition) is 4. The molecule has 2 N–H and O–H groups in total. The highest BCUT2D eigenvalue weighted by molar-refractivity contribution is 7.80. The molecular formula is C11H18N4OS. The zero-order chi connectivity index (χ0) is 12.8. The number of thiocarbonyl (C=S) groups is 1. The van der Waals surface area contributed by atoms with Gasteiger partial charge in [0.15, 0.2) is 0 Å². The molecule has 0 fully saturated rings. The summed E-state index contributed by atoms with van der Waals surface area (Å²) in [6.45, 7) is 3.41. The quantitative estimate of drug-likeness (QED) is 0.760. The van der Waals surface area contributed by atoms with Crippen LogP contribution in [-0.2, 0) is 6.54 Å². The Morgan fingerprint density at radius 2 is 2.35 bits per heavy atom. The Kier molecular flexibility index (Phi) is 5.09. The molecule has 17 heavy (non-hydrogen) atoms. The minimum absolute atomic E-state index is 0.0919. The SMILES string of the molecule is CCN(C)c1cnn(CCCC(N)=S)c(=O)c1. The Bertz CT molecular complexity index is 443. The van der Waals surface area contributed by atoms with E-state index >= 15 is 0 Å². The van der Waals surface area contributed by atoms with E-state index in [1.807, 2.05) is 18.9 Å². The monoisotopic (exact) mass is 254 g/mol. The highest BCUT2D eigenvalue weighted by Crippen LogP contribution is 2.05. The lowest BCUT2D eigenvalue weighted by Crippen LogP contribution is -2.26. The van der Waals surface area contributed by atoms with Crippen LogP contribution >= 0.6 is 12.2 Å². The Morgan fingerprint density at radius 1 is 1.65 bits per heavy atom. The first-order chi connectivity index (χ1) is 8.04. The largest absolute Gasteiger partial charge is 0.393 e. The maximum Gasteiger partial charge on any atom is 0.268 e. The van der Waals surface area contributed by atoms with Crippen molar-refractivity contribution in [3.05, 3.63) is 22.6 Å². The minimum atomic E-state index is -0.0919. The van der Waals surface area contributed by atoms with Crippen LogP contribution in [0.1, 0.15) is 19.8 Å². The first-order valence-corrected chi connectivity index (χ1v) is 6.02. The molecule has 0 saturated carbocycles. The number of hydrogen-bond donors (Lipinski definition) is 1. The smallest absolute Gasteiger partial charge is 0.268 e. The Balaban J connectivity index is 2.70. The predicted molar refractivity (Wildman–Crippen MR) is 73.5 cm³/mol. The van der Waals surface area contributed by atoms with E-state index in [1.165, 1.54) is 4.68 Å². The highest BCUT2D eigenvalue weighted by Gasteiger charge is 2.03. The van der Waals surface area contributed by atoms with E-state index in [4.69, 9.17) is 18.0 Å². The summed E-state index contributed by atoms with van der Waals surface area (Å²) in [4.78, 5) is 14.2. The molecule has 1 heterocycles. The molecule has 0 aromatic carbocycles. The zero-order valence-corrected chi connectivity index (χ0v) is 11.0. The van der Waals surface area contributed by atoms with Crippen molar-refractivity contribution in [1.82, 2.24) is 9.78 Å². The molecule has 0 radical (unpaired) electrons. The topological polar surface area (TPSA) is 64.2 Å². The van der Waals surface area contributed by atoms with Gasteiger partial charge in [-0.3, -0.25) is 4.79 Å². The molecule has 1 aromatic rings. The first kappa shape index (κ1) is 13.6. The molecule has 0 aliphatic heterocycles. The van der Waals surface area contributed by atoms with Gasteiger partial charge in [-0.2, -0.15) is 5.10 Å². The van der Waals surface area contributed by atoms with Crippen LogP contribution in [0.2, 0.25) is 0 Å². The van der Waals surface area contributed by atoms with Gasteiger partial charge in [-0.25, -0.2) is 4.68 Å². The van der Waals surface area contributed by atoms with E-state index in [0.717, 1.165) is 18.7 Å². The second kappa shape index (κ2) is 6.34. The summed E-state index contributed by atoms with van der Waals surface area (Å²) >= 11 is 4.78. The average Bonchev–Trinajstić information content (AvgIpc) is 2.29. The van der Waals surface area contributed by atoms with Crippen LogP contribution in [-0.4, -0.2) is 28.4 Å². The number of aromatic nitrogens is 2. The van der Waals surface area contributed by atoms with Crippen molar-refractivity contribution in [3.8, 4) is 0 Å². The molecule has 0 aliphatic rings. The lowest BCUT2D eigenvalue weighted by Gasteiger charge is -2.16. The predicted octanol–water partition coefficient (Wildman–Crippen LogP) is 0.766. The molecular weight excluding hydrogens is 236 g/mol. The van der Waals surface area contributed by atoms with E-state index in [9.17, 15) is 4.79 Å². The Labute approximate surface area is 106 Å². The average molecular weight is 254 g/mol. The third-order valence-electron chi connectivity index (χ3n) is 2.56. The van der Waals surface area contributed by atoms with E-state index in [0.29, 0.717) is 18.0 Å². The summed E-state index contributed by atoms with van der Waals surface area (Å²) in [7, 11) is 1.92. The summed E-state index contributed by atoms with van der Waals surface area (Å²) in [5.41, 5.74) is 6.14. The van der Waals surface area contributed by atoms with E-state index in [2.05, 4.69) is 5.10 Å². The molecule has 0 aliphatic carbocycles. The van der Waals surface area contributed by atoms with Crippen LogP contribution in [0.4, 0.5) is 5.69 Å². The first-order valence-electron chi connectivity index (χ1n) is 5.61. The third-order valence-corrected chi connectivity index (χ3v) is 2.77. The normalized spacial score (nSPS) is 10.2. The van der Waals surface area contributed by atoms with Gasteiger partial charge in [0.1, 0.15) is 0 Å². The maximum absolute atomic E-state index is 11.7. The summed E-state index contributed by atoms with van der Waals surface area (Å²) in [6.07, 6.45) is 3.08. The maximum atomic E-state index is 11.7. The number of nitrogens with two attached hydrogens (primary N) is 1. The van der Waals surface area contributed by atoms with Crippen LogP contribution in [0.15, 0.2) is 17.1 Å². The van der Waals surface area contributed by atoms with Crippen LogP contribution in [0.25, 0.3) is 0 Å². The van der Waals surface area contributed by atoms with Crippen LogP contribution in [0.5, 0.6) is 0 Å².